The highest BCUT2D eigenvalue weighted by Gasteiger charge is 2.13. The Kier molecular flexibility index (Phi) is 7.86. The van der Waals surface area contributed by atoms with Crippen LogP contribution in [0.2, 0.25) is 0 Å². The van der Waals surface area contributed by atoms with Gasteiger partial charge in [-0.25, -0.2) is 0 Å². The smallest absolute Gasteiger partial charge is 0.303 e. The molecule has 0 amide bonds. The molecule has 4 heteroatoms. The normalized spacial score (nSPS) is 12.0. The summed E-state index contributed by atoms with van der Waals surface area (Å²) in [6.45, 7) is 0.878. The van der Waals surface area contributed by atoms with Crippen molar-refractivity contribution in [1.82, 2.24) is 5.32 Å². The van der Waals surface area contributed by atoms with Crippen LogP contribution in [0, 0.1) is 0 Å². The molecule has 24 heavy (non-hydrogen) atoms. The van der Waals surface area contributed by atoms with Gasteiger partial charge in [0.2, 0.25) is 0 Å². The number of carboxylic acid groups (broad SMARTS) is 1. The van der Waals surface area contributed by atoms with E-state index in [0.29, 0.717) is 0 Å². The lowest BCUT2D eigenvalue weighted by Crippen LogP contribution is -2.23. The van der Waals surface area contributed by atoms with Gasteiger partial charge in [-0.1, -0.05) is 48.9 Å². The molecule has 0 saturated carbocycles. The monoisotopic (exact) mass is 343 g/mol. The maximum Gasteiger partial charge on any atom is 0.303 e. The van der Waals surface area contributed by atoms with Gasteiger partial charge in [-0.2, -0.15) is 0 Å². The average molecular weight is 343 g/mol. The summed E-state index contributed by atoms with van der Waals surface area (Å²) < 4.78 is 0. The third-order valence-electron chi connectivity index (χ3n) is 4.00. The van der Waals surface area contributed by atoms with Crippen LogP contribution in [0.1, 0.15) is 42.9 Å². The number of unbranched alkanes of at least 4 members (excludes halogenated alkanes) is 2. The Bertz CT molecular complexity index is 613. The first kappa shape index (κ1) is 18.6. The van der Waals surface area contributed by atoms with Crippen LogP contribution in [0.25, 0.3) is 0 Å². The molecule has 0 aliphatic carbocycles. The first-order chi connectivity index (χ1) is 11.7. The number of hydrogen-bond acceptors (Lipinski definition) is 3. The van der Waals surface area contributed by atoms with Crippen molar-refractivity contribution in [2.45, 2.75) is 36.6 Å². The van der Waals surface area contributed by atoms with Crippen molar-refractivity contribution in [3.05, 3.63) is 65.7 Å². The minimum absolute atomic E-state index is 0.168. The molecule has 1 unspecified atom stereocenters. The molecule has 0 heterocycles. The molecule has 0 aliphatic heterocycles. The lowest BCUT2D eigenvalue weighted by molar-refractivity contribution is -0.137. The van der Waals surface area contributed by atoms with Crippen LogP contribution in [-0.2, 0) is 4.79 Å². The number of aliphatic carboxylic acids is 1. The predicted octanol–water partition coefficient (Wildman–Crippen LogP) is 4.73. The summed E-state index contributed by atoms with van der Waals surface area (Å²) in [7, 11) is 0. The van der Waals surface area contributed by atoms with E-state index in [1.54, 1.807) is 11.8 Å². The van der Waals surface area contributed by atoms with Crippen LogP contribution >= 0.6 is 11.8 Å². The quantitative estimate of drug-likeness (QED) is 0.483. The molecular formula is C20H25NO2S. The molecule has 0 radical (unpaired) electrons. The maximum atomic E-state index is 10.5. The Labute approximate surface area is 148 Å². The van der Waals surface area contributed by atoms with Gasteiger partial charge in [0.15, 0.2) is 0 Å². The van der Waals surface area contributed by atoms with Crippen molar-refractivity contribution >= 4 is 17.7 Å². The highest BCUT2D eigenvalue weighted by atomic mass is 32.2. The van der Waals surface area contributed by atoms with E-state index in [2.05, 4.69) is 60.1 Å². The number of thioether (sulfide) groups is 1. The summed E-state index contributed by atoms with van der Waals surface area (Å²) in [5, 5.41) is 12.3. The highest BCUT2D eigenvalue weighted by molar-refractivity contribution is 7.98. The zero-order valence-electron chi connectivity index (χ0n) is 14.1. The van der Waals surface area contributed by atoms with Gasteiger partial charge in [-0.15, -0.1) is 11.8 Å². The van der Waals surface area contributed by atoms with Gasteiger partial charge in [-0.05, 0) is 48.9 Å². The van der Waals surface area contributed by atoms with Crippen LogP contribution in [0.3, 0.4) is 0 Å². The van der Waals surface area contributed by atoms with Crippen molar-refractivity contribution < 1.29 is 9.90 Å². The van der Waals surface area contributed by atoms with E-state index in [1.807, 2.05) is 6.07 Å². The summed E-state index contributed by atoms with van der Waals surface area (Å²) in [4.78, 5) is 11.8. The third kappa shape index (κ3) is 6.02. The second-order valence-corrected chi connectivity index (χ2v) is 6.66. The molecule has 2 aromatic rings. The van der Waals surface area contributed by atoms with Gasteiger partial charge in [0, 0.05) is 11.3 Å². The van der Waals surface area contributed by atoms with Crippen LogP contribution in [0.5, 0.6) is 0 Å². The molecule has 0 bridgehead atoms. The van der Waals surface area contributed by atoms with E-state index in [1.165, 1.54) is 16.0 Å². The number of hydrogen-bond donors (Lipinski definition) is 2. The van der Waals surface area contributed by atoms with Crippen molar-refractivity contribution in [3.8, 4) is 0 Å². The van der Waals surface area contributed by atoms with Gasteiger partial charge in [0.05, 0.1) is 6.04 Å². The second kappa shape index (κ2) is 10.2. The average Bonchev–Trinajstić information content (AvgIpc) is 2.62. The topological polar surface area (TPSA) is 49.3 Å². The van der Waals surface area contributed by atoms with E-state index in [-0.39, 0.29) is 12.5 Å². The van der Waals surface area contributed by atoms with Crippen LogP contribution in [0.4, 0.5) is 0 Å². The lowest BCUT2D eigenvalue weighted by Gasteiger charge is -2.20. The largest absolute Gasteiger partial charge is 0.481 e. The summed E-state index contributed by atoms with van der Waals surface area (Å²) in [5.41, 5.74) is 2.50. The molecule has 128 valence electrons. The Balaban J connectivity index is 1.97. The van der Waals surface area contributed by atoms with Gasteiger partial charge in [0.1, 0.15) is 0 Å². The first-order valence-corrected chi connectivity index (χ1v) is 9.57. The zero-order valence-corrected chi connectivity index (χ0v) is 14.9. The van der Waals surface area contributed by atoms with Gasteiger partial charge < -0.3 is 10.4 Å². The highest BCUT2D eigenvalue weighted by Crippen LogP contribution is 2.24. The van der Waals surface area contributed by atoms with Crippen molar-refractivity contribution in [3.63, 3.8) is 0 Å². The summed E-state index contributed by atoms with van der Waals surface area (Å²) in [6, 6.07) is 19.3. The van der Waals surface area contributed by atoms with Crippen molar-refractivity contribution in [2.75, 3.05) is 12.8 Å². The first-order valence-electron chi connectivity index (χ1n) is 8.35. The van der Waals surface area contributed by atoms with Gasteiger partial charge in [-0.3, -0.25) is 4.79 Å². The number of carboxylic acids is 1. The molecule has 1 atom stereocenters. The molecule has 3 nitrogen and oxygen atoms in total. The zero-order chi connectivity index (χ0) is 17.2. The van der Waals surface area contributed by atoms with E-state index in [4.69, 9.17) is 5.11 Å². The summed E-state index contributed by atoms with van der Waals surface area (Å²) in [6.07, 6.45) is 5.01. The third-order valence-corrected chi connectivity index (χ3v) is 4.74. The molecule has 0 spiro atoms. The van der Waals surface area contributed by atoms with Gasteiger partial charge >= 0.3 is 5.97 Å². The van der Waals surface area contributed by atoms with E-state index < -0.39 is 5.97 Å². The summed E-state index contributed by atoms with van der Waals surface area (Å²) >= 11 is 1.75. The second-order valence-electron chi connectivity index (χ2n) is 5.78. The Hall–Kier alpha value is -1.78. The molecule has 2 aromatic carbocycles. The fourth-order valence-corrected chi connectivity index (χ4v) is 3.10. The van der Waals surface area contributed by atoms with E-state index in [9.17, 15) is 4.79 Å². The van der Waals surface area contributed by atoms with Crippen LogP contribution in [-0.4, -0.2) is 23.9 Å². The number of benzene rings is 2. The van der Waals surface area contributed by atoms with E-state index in [0.717, 1.165) is 25.8 Å². The lowest BCUT2D eigenvalue weighted by atomic mass is 9.98. The fraction of sp³-hybridized carbons (Fsp3) is 0.350. The Morgan fingerprint density at radius 3 is 2.29 bits per heavy atom. The van der Waals surface area contributed by atoms with Crippen molar-refractivity contribution in [2.24, 2.45) is 0 Å². The molecular weight excluding hydrogens is 318 g/mol. The minimum Gasteiger partial charge on any atom is -0.481 e. The standard InChI is InChI=1S/C20H25NO2S/c1-24-18-13-11-17(12-14-18)20(16-8-4-2-5-9-16)21-15-7-3-6-10-19(22)23/h2,4-5,8-9,11-14,20-21H,3,6-7,10,15H2,1H3,(H,22,23). The summed E-state index contributed by atoms with van der Waals surface area (Å²) in [5.74, 6) is -0.709. The van der Waals surface area contributed by atoms with E-state index >= 15 is 0 Å². The van der Waals surface area contributed by atoms with Crippen LogP contribution < -0.4 is 5.32 Å². The predicted molar refractivity (Wildman–Crippen MR) is 101 cm³/mol. The maximum absolute atomic E-state index is 10.5. The molecule has 0 aromatic heterocycles. The molecule has 2 N–H and O–H groups in total. The molecule has 2 rings (SSSR count). The van der Waals surface area contributed by atoms with Crippen LogP contribution in [0.15, 0.2) is 59.5 Å². The number of carbonyl (C=O) groups is 1. The minimum atomic E-state index is -0.709. The molecule has 0 aliphatic rings. The van der Waals surface area contributed by atoms with Crippen molar-refractivity contribution in [1.29, 1.82) is 0 Å². The van der Waals surface area contributed by atoms with Gasteiger partial charge in [0.25, 0.3) is 0 Å². The number of rotatable bonds is 10. The SMILES string of the molecule is CSc1ccc(C(NCCCCCC(=O)O)c2ccccc2)cc1. The Morgan fingerprint density at radius 1 is 1.00 bits per heavy atom. The fourth-order valence-electron chi connectivity index (χ4n) is 2.69. The number of nitrogens with one attached hydrogen (secondary N) is 1. The molecule has 0 fully saturated rings. The Morgan fingerprint density at radius 2 is 1.67 bits per heavy atom. The molecule has 0 saturated heterocycles.